The first-order chi connectivity index (χ1) is 8.24. The van der Waals surface area contributed by atoms with Gasteiger partial charge in [-0.2, -0.15) is 0 Å². The van der Waals surface area contributed by atoms with Gasteiger partial charge in [0.1, 0.15) is 17.1 Å². The Hall–Kier alpha value is -2.29. The number of phenolic OH excluding ortho intramolecular Hbond substituents is 1. The zero-order chi connectivity index (χ0) is 11.8. The molecule has 0 radical (unpaired) electrons. The van der Waals surface area contributed by atoms with Crippen LogP contribution in [0.1, 0.15) is 5.56 Å². The number of nitrogens with one attached hydrogen (secondary N) is 1. The summed E-state index contributed by atoms with van der Waals surface area (Å²) in [5, 5.41) is 9.70. The van der Waals surface area contributed by atoms with Gasteiger partial charge in [0, 0.05) is 5.56 Å². The van der Waals surface area contributed by atoms with Gasteiger partial charge in [0.2, 0.25) is 0 Å². The van der Waals surface area contributed by atoms with E-state index in [1.807, 2.05) is 31.2 Å². The Balaban J connectivity index is 2.22. The predicted octanol–water partition coefficient (Wildman–Crippen LogP) is 3.24. The van der Waals surface area contributed by atoms with Crippen LogP contribution in [0.4, 0.5) is 0 Å². The first-order valence-corrected chi connectivity index (χ1v) is 5.49. The Morgan fingerprint density at radius 2 is 1.94 bits per heavy atom. The van der Waals surface area contributed by atoms with Crippen LogP contribution in [0.2, 0.25) is 0 Å². The summed E-state index contributed by atoms with van der Waals surface area (Å²) in [5.74, 6) is 0.989. The number of rotatable bonds is 1. The molecular weight excluding hydrogens is 212 g/mol. The van der Waals surface area contributed by atoms with Gasteiger partial charge in [-0.15, -0.1) is 0 Å². The fourth-order valence-electron chi connectivity index (χ4n) is 1.95. The molecular formula is C14H12N2O. The molecule has 1 heterocycles. The molecule has 3 aromatic rings. The van der Waals surface area contributed by atoms with Gasteiger partial charge in [-0.05, 0) is 25.1 Å². The van der Waals surface area contributed by atoms with Gasteiger partial charge in [-0.1, -0.05) is 29.8 Å². The molecule has 3 nitrogen and oxygen atoms in total. The Kier molecular flexibility index (Phi) is 2.11. The maximum absolute atomic E-state index is 9.70. The molecule has 0 aliphatic heterocycles. The van der Waals surface area contributed by atoms with Crippen molar-refractivity contribution in [1.29, 1.82) is 0 Å². The fraction of sp³-hybridized carbons (Fsp3) is 0.0714. The highest BCUT2D eigenvalue weighted by molar-refractivity contribution is 5.84. The summed E-state index contributed by atoms with van der Waals surface area (Å²) < 4.78 is 0. The number of para-hydroxylation sites is 1. The van der Waals surface area contributed by atoms with Crippen LogP contribution < -0.4 is 0 Å². The fourth-order valence-corrected chi connectivity index (χ4v) is 1.95. The summed E-state index contributed by atoms with van der Waals surface area (Å²) in [4.78, 5) is 7.63. The zero-order valence-electron chi connectivity index (χ0n) is 9.44. The summed E-state index contributed by atoms with van der Waals surface area (Å²) in [6.07, 6.45) is 0. The molecule has 84 valence electrons. The van der Waals surface area contributed by atoms with Crippen LogP contribution in [0, 0.1) is 6.92 Å². The van der Waals surface area contributed by atoms with E-state index >= 15 is 0 Å². The second kappa shape index (κ2) is 3.63. The number of aromatic hydroxyl groups is 1. The van der Waals surface area contributed by atoms with Gasteiger partial charge in [0.05, 0.1) is 5.52 Å². The number of hydrogen-bond acceptors (Lipinski definition) is 2. The number of fused-ring (bicyclic) bond motifs is 1. The highest BCUT2D eigenvalue weighted by atomic mass is 16.3. The number of nitrogens with zero attached hydrogens (tertiary/aromatic N) is 1. The van der Waals surface area contributed by atoms with Crippen molar-refractivity contribution in [2.24, 2.45) is 0 Å². The largest absolute Gasteiger partial charge is 0.506 e. The van der Waals surface area contributed by atoms with Crippen LogP contribution in [-0.2, 0) is 0 Å². The van der Waals surface area contributed by atoms with Crippen molar-refractivity contribution in [2.75, 3.05) is 0 Å². The molecule has 1 aromatic heterocycles. The van der Waals surface area contributed by atoms with E-state index in [1.54, 1.807) is 12.1 Å². The predicted molar refractivity (Wildman–Crippen MR) is 67.9 cm³/mol. The van der Waals surface area contributed by atoms with Gasteiger partial charge in [-0.3, -0.25) is 0 Å². The topological polar surface area (TPSA) is 48.9 Å². The molecule has 0 saturated carbocycles. The van der Waals surface area contributed by atoms with E-state index in [0.717, 1.165) is 16.9 Å². The average molecular weight is 224 g/mol. The van der Waals surface area contributed by atoms with Crippen LogP contribution in [0.25, 0.3) is 22.4 Å². The summed E-state index contributed by atoms with van der Waals surface area (Å²) in [6, 6.07) is 13.5. The molecule has 0 fully saturated rings. The van der Waals surface area contributed by atoms with E-state index in [9.17, 15) is 5.11 Å². The minimum Gasteiger partial charge on any atom is -0.506 e. The van der Waals surface area contributed by atoms with Crippen LogP contribution in [0.15, 0.2) is 42.5 Å². The lowest BCUT2D eigenvalue weighted by atomic mass is 10.1. The zero-order valence-corrected chi connectivity index (χ0v) is 9.44. The van der Waals surface area contributed by atoms with Crippen LogP contribution in [-0.4, -0.2) is 15.1 Å². The molecule has 2 N–H and O–H groups in total. The van der Waals surface area contributed by atoms with Crippen molar-refractivity contribution in [3.05, 3.63) is 48.0 Å². The third-order valence-electron chi connectivity index (χ3n) is 2.78. The maximum Gasteiger partial charge on any atom is 0.143 e. The number of benzene rings is 2. The van der Waals surface area contributed by atoms with Crippen molar-refractivity contribution in [1.82, 2.24) is 9.97 Å². The molecule has 0 saturated heterocycles. The molecule has 3 heteroatoms. The average Bonchev–Trinajstić information content (AvgIpc) is 2.74. The minimum absolute atomic E-state index is 0.206. The van der Waals surface area contributed by atoms with E-state index in [-0.39, 0.29) is 5.75 Å². The van der Waals surface area contributed by atoms with Crippen molar-refractivity contribution in [3.63, 3.8) is 0 Å². The lowest BCUT2D eigenvalue weighted by molar-refractivity contribution is 0.480. The SMILES string of the molecule is Cc1cccc(-c2nc3c(O)cccc3[nH]2)c1. The van der Waals surface area contributed by atoms with Gasteiger partial charge >= 0.3 is 0 Å². The second-order valence-electron chi connectivity index (χ2n) is 4.13. The van der Waals surface area contributed by atoms with Crippen molar-refractivity contribution >= 4 is 11.0 Å². The van der Waals surface area contributed by atoms with E-state index in [0.29, 0.717) is 5.52 Å². The summed E-state index contributed by atoms with van der Waals surface area (Å²) in [6.45, 7) is 2.05. The van der Waals surface area contributed by atoms with Gasteiger partial charge in [-0.25, -0.2) is 4.98 Å². The normalized spacial score (nSPS) is 10.9. The summed E-state index contributed by atoms with van der Waals surface area (Å²) >= 11 is 0. The summed E-state index contributed by atoms with van der Waals surface area (Å²) in [7, 11) is 0. The Bertz CT molecular complexity index is 686. The van der Waals surface area contributed by atoms with Gasteiger partial charge < -0.3 is 10.1 Å². The Morgan fingerprint density at radius 3 is 2.71 bits per heavy atom. The number of aryl methyl sites for hydroxylation is 1. The highest BCUT2D eigenvalue weighted by Crippen LogP contribution is 2.26. The number of aromatic nitrogens is 2. The first kappa shape index (κ1) is 9.90. The number of aromatic amines is 1. The molecule has 0 atom stereocenters. The number of imidazole rings is 1. The monoisotopic (exact) mass is 224 g/mol. The number of phenols is 1. The van der Waals surface area contributed by atoms with Crippen molar-refractivity contribution < 1.29 is 5.11 Å². The molecule has 0 aliphatic rings. The van der Waals surface area contributed by atoms with Crippen molar-refractivity contribution in [2.45, 2.75) is 6.92 Å². The molecule has 17 heavy (non-hydrogen) atoms. The van der Waals surface area contributed by atoms with Gasteiger partial charge in [0.25, 0.3) is 0 Å². The molecule has 0 unspecified atom stereocenters. The highest BCUT2D eigenvalue weighted by Gasteiger charge is 2.07. The maximum atomic E-state index is 9.70. The lowest BCUT2D eigenvalue weighted by Gasteiger charge is -1.97. The quantitative estimate of drug-likeness (QED) is 0.666. The molecule has 2 aromatic carbocycles. The number of H-pyrrole nitrogens is 1. The first-order valence-electron chi connectivity index (χ1n) is 5.49. The van der Waals surface area contributed by atoms with E-state index in [1.165, 1.54) is 5.56 Å². The molecule has 0 bridgehead atoms. The van der Waals surface area contributed by atoms with Gasteiger partial charge in [0.15, 0.2) is 0 Å². The Morgan fingerprint density at radius 1 is 1.12 bits per heavy atom. The Labute approximate surface area is 98.8 Å². The third kappa shape index (κ3) is 1.65. The smallest absolute Gasteiger partial charge is 0.143 e. The molecule has 0 aliphatic carbocycles. The van der Waals surface area contributed by atoms with Crippen LogP contribution in [0.3, 0.4) is 0 Å². The minimum atomic E-state index is 0.206. The molecule has 3 rings (SSSR count). The molecule has 0 spiro atoms. The standard InChI is InChI=1S/C14H12N2O/c1-9-4-2-5-10(8-9)14-15-11-6-3-7-12(17)13(11)16-14/h2-8,17H,1H3,(H,15,16). The second-order valence-corrected chi connectivity index (χ2v) is 4.13. The van der Waals surface area contributed by atoms with Crippen LogP contribution in [0.5, 0.6) is 5.75 Å². The van der Waals surface area contributed by atoms with Crippen molar-refractivity contribution in [3.8, 4) is 17.1 Å². The third-order valence-corrected chi connectivity index (χ3v) is 2.78. The van der Waals surface area contributed by atoms with E-state index in [2.05, 4.69) is 16.0 Å². The van der Waals surface area contributed by atoms with Crippen LogP contribution >= 0.6 is 0 Å². The van der Waals surface area contributed by atoms with E-state index in [4.69, 9.17) is 0 Å². The van der Waals surface area contributed by atoms with E-state index < -0.39 is 0 Å². The summed E-state index contributed by atoms with van der Waals surface area (Å²) in [5.41, 5.74) is 3.68. The number of hydrogen-bond donors (Lipinski definition) is 2. The lowest BCUT2D eigenvalue weighted by Crippen LogP contribution is -1.80. The molecule has 0 amide bonds.